The second-order valence-electron chi connectivity index (χ2n) is 13.1. The highest BCUT2D eigenvalue weighted by Crippen LogP contribution is 2.21. The minimum Gasteiger partial charge on any atom is -0.480 e. The molecule has 0 spiro atoms. The van der Waals surface area contributed by atoms with Gasteiger partial charge in [0.1, 0.15) is 17.7 Å². The molecule has 1 aromatic carbocycles. The first-order valence-corrected chi connectivity index (χ1v) is 15.0. The molecule has 0 aliphatic rings. The number of hydrogen-bond donors (Lipinski definition) is 4. The number of Topliss-reactive ketones (excluding diaryl/α,β-unsaturated/α-hetero) is 1. The van der Waals surface area contributed by atoms with Crippen LogP contribution in [0.15, 0.2) is 30.3 Å². The van der Waals surface area contributed by atoms with E-state index in [4.69, 9.17) is 4.74 Å². The number of hydrogen-bond acceptors (Lipinski definition) is 7. The van der Waals surface area contributed by atoms with Crippen molar-refractivity contribution in [2.75, 3.05) is 11.4 Å². The van der Waals surface area contributed by atoms with Crippen LogP contribution in [-0.4, -0.2) is 71.1 Å². The van der Waals surface area contributed by atoms with Crippen LogP contribution in [0, 0.1) is 17.8 Å². The van der Waals surface area contributed by atoms with Gasteiger partial charge in [0.15, 0.2) is 5.78 Å². The Balaban J connectivity index is 3.16. The van der Waals surface area contributed by atoms with Crippen LogP contribution in [0.5, 0.6) is 0 Å². The van der Waals surface area contributed by atoms with Gasteiger partial charge in [0.2, 0.25) is 5.91 Å². The minimum atomic E-state index is -1.18. The van der Waals surface area contributed by atoms with E-state index in [9.17, 15) is 29.1 Å². The summed E-state index contributed by atoms with van der Waals surface area (Å²) in [7, 11) is 0. The van der Waals surface area contributed by atoms with Crippen LogP contribution in [0.4, 0.5) is 10.5 Å². The quantitative estimate of drug-likeness (QED) is 0.220. The number of para-hydroxylation sites is 1. The molecule has 3 amide bonds. The highest BCUT2D eigenvalue weighted by Gasteiger charge is 2.36. The number of ketones is 1. The van der Waals surface area contributed by atoms with Gasteiger partial charge >= 0.3 is 12.1 Å². The second-order valence-corrected chi connectivity index (χ2v) is 13.1. The molecular weight excluding hydrogens is 552 g/mol. The van der Waals surface area contributed by atoms with Gasteiger partial charge in [0, 0.05) is 5.69 Å². The monoisotopic (exact) mass is 604 g/mol. The molecule has 0 bridgehead atoms. The summed E-state index contributed by atoms with van der Waals surface area (Å²) in [6, 6.07) is 4.63. The average molecular weight is 605 g/mol. The van der Waals surface area contributed by atoms with Crippen LogP contribution in [0.1, 0.15) is 82.1 Å². The molecule has 4 atom stereocenters. The summed E-state index contributed by atoms with van der Waals surface area (Å²) in [4.78, 5) is 66.1. The van der Waals surface area contributed by atoms with Crippen LogP contribution in [0.3, 0.4) is 0 Å². The molecule has 11 heteroatoms. The van der Waals surface area contributed by atoms with Gasteiger partial charge in [-0.3, -0.25) is 24.6 Å². The zero-order chi connectivity index (χ0) is 33.1. The summed E-state index contributed by atoms with van der Waals surface area (Å²) >= 11 is 0. The van der Waals surface area contributed by atoms with E-state index in [1.54, 1.807) is 65.0 Å². The van der Waals surface area contributed by atoms with E-state index in [2.05, 4.69) is 16.0 Å². The summed E-state index contributed by atoms with van der Waals surface area (Å²) in [5.41, 5.74) is -0.324. The van der Waals surface area contributed by atoms with Crippen LogP contribution >= 0.6 is 0 Å². The van der Waals surface area contributed by atoms with E-state index in [1.165, 1.54) is 11.8 Å². The van der Waals surface area contributed by atoms with Crippen molar-refractivity contribution in [2.45, 2.75) is 112 Å². The number of carboxylic acids is 1. The molecule has 0 saturated heterocycles. The molecule has 4 N–H and O–H groups in total. The van der Waals surface area contributed by atoms with E-state index in [-0.39, 0.29) is 30.1 Å². The Morgan fingerprint density at radius 1 is 0.837 bits per heavy atom. The number of alkyl carbamates (subject to hydrolysis) is 1. The van der Waals surface area contributed by atoms with Crippen molar-refractivity contribution in [2.24, 2.45) is 17.8 Å². The van der Waals surface area contributed by atoms with Crippen molar-refractivity contribution >= 4 is 35.3 Å². The number of ether oxygens (including phenoxy) is 1. The third-order valence-electron chi connectivity index (χ3n) is 6.58. The summed E-state index contributed by atoms with van der Waals surface area (Å²) in [6.07, 6.45) is 0.0715. The first kappa shape index (κ1) is 37.6. The molecule has 43 heavy (non-hydrogen) atoms. The Morgan fingerprint density at radius 2 is 1.37 bits per heavy atom. The zero-order valence-corrected chi connectivity index (χ0v) is 27.4. The first-order chi connectivity index (χ1) is 19.8. The lowest BCUT2D eigenvalue weighted by Gasteiger charge is -2.33. The molecule has 1 rings (SSSR count). The molecule has 0 saturated carbocycles. The first-order valence-electron chi connectivity index (χ1n) is 15.0. The second kappa shape index (κ2) is 17.0. The Labute approximate surface area is 256 Å². The predicted molar refractivity (Wildman–Crippen MR) is 167 cm³/mol. The number of nitrogens with zero attached hydrogens (tertiary/aromatic N) is 1. The van der Waals surface area contributed by atoms with Crippen molar-refractivity contribution in [3.05, 3.63) is 30.3 Å². The largest absolute Gasteiger partial charge is 0.480 e. The fourth-order valence-electron chi connectivity index (χ4n) is 4.45. The number of aliphatic carboxylic acids is 1. The third-order valence-corrected chi connectivity index (χ3v) is 6.58. The van der Waals surface area contributed by atoms with E-state index in [0.29, 0.717) is 18.5 Å². The predicted octanol–water partition coefficient (Wildman–Crippen LogP) is 4.15. The smallest absolute Gasteiger partial charge is 0.408 e. The van der Waals surface area contributed by atoms with Crippen molar-refractivity contribution < 1.29 is 33.8 Å². The molecule has 0 heterocycles. The standard InChI is InChI=1S/C32H52N4O7/c1-19(2)16-24(34-31(42)43-32(8,9)10)26(37)18-33-25(17-20(3)4)28(38)35-27(21(5)6)29(39)36(22(7)30(40)41)23-14-12-11-13-15-23/h11-15,19-22,24-25,27,33H,16-18H2,1-10H3,(H,34,42)(H,35,38)(H,40,41)/t22-,24-,25-,27-/m0/s1. The van der Waals surface area contributed by atoms with Gasteiger partial charge in [-0.2, -0.15) is 0 Å². The number of carbonyl (C=O) groups excluding carboxylic acids is 4. The number of carbonyl (C=O) groups is 5. The Morgan fingerprint density at radius 3 is 1.84 bits per heavy atom. The highest BCUT2D eigenvalue weighted by atomic mass is 16.6. The van der Waals surface area contributed by atoms with Crippen molar-refractivity contribution in [1.29, 1.82) is 0 Å². The van der Waals surface area contributed by atoms with Gasteiger partial charge in [0.25, 0.3) is 5.91 Å². The van der Waals surface area contributed by atoms with E-state index in [0.717, 1.165) is 0 Å². The summed E-state index contributed by atoms with van der Waals surface area (Å²) < 4.78 is 5.33. The summed E-state index contributed by atoms with van der Waals surface area (Å²) in [6.45, 7) is 17.7. The Bertz CT molecular complexity index is 1080. The van der Waals surface area contributed by atoms with Gasteiger partial charge in [-0.05, 0) is 70.4 Å². The molecule has 0 aliphatic carbocycles. The molecule has 0 aliphatic heterocycles. The fraction of sp³-hybridized carbons (Fsp3) is 0.656. The maximum Gasteiger partial charge on any atom is 0.408 e. The van der Waals surface area contributed by atoms with Gasteiger partial charge in [-0.1, -0.05) is 59.7 Å². The van der Waals surface area contributed by atoms with Crippen molar-refractivity contribution in [3.63, 3.8) is 0 Å². The molecule has 0 radical (unpaired) electrons. The van der Waals surface area contributed by atoms with Crippen LogP contribution in [0.25, 0.3) is 0 Å². The SMILES string of the molecule is CC(C)C[C@H](NC(=O)OC(C)(C)C)C(=O)CN[C@@H](CC(C)C)C(=O)N[C@H](C(=O)N(c1ccccc1)[C@@H](C)C(=O)O)C(C)C. The fourth-order valence-corrected chi connectivity index (χ4v) is 4.45. The number of rotatable bonds is 16. The number of benzene rings is 1. The topological polar surface area (TPSA) is 154 Å². The minimum absolute atomic E-state index is 0.0748. The lowest BCUT2D eigenvalue weighted by Crippen LogP contribution is -2.58. The average Bonchev–Trinajstić information content (AvgIpc) is 2.87. The van der Waals surface area contributed by atoms with Gasteiger partial charge < -0.3 is 20.5 Å². The summed E-state index contributed by atoms with van der Waals surface area (Å²) in [5, 5.41) is 18.2. The number of nitrogens with one attached hydrogen (secondary N) is 3. The van der Waals surface area contributed by atoms with Crippen LogP contribution in [0.2, 0.25) is 0 Å². The highest BCUT2D eigenvalue weighted by molar-refractivity contribution is 6.03. The van der Waals surface area contributed by atoms with Crippen molar-refractivity contribution in [3.8, 4) is 0 Å². The lowest BCUT2D eigenvalue weighted by molar-refractivity contribution is -0.140. The maximum atomic E-state index is 13.8. The van der Waals surface area contributed by atoms with Gasteiger partial charge in [-0.15, -0.1) is 0 Å². The molecule has 0 aromatic heterocycles. The lowest BCUT2D eigenvalue weighted by atomic mass is 9.97. The molecule has 242 valence electrons. The van der Waals surface area contributed by atoms with Crippen molar-refractivity contribution in [1.82, 2.24) is 16.0 Å². The molecule has 0 fully saturated rings. The Hall–Kier alpha value is -3.47. The Kier molecular flexibility index (Phi) is 14.8. The normalized spacial score (nSPS) is 14.5. The number of anilines is 1. The maximum absolute atomic E-state index is 13.8. The van der Waals surface area contributed by atoms with Crippen LogP contribution in [-0.2, 0) is 23.9 Å². The van der Waals surface area contributed by atoms with E-state index in [1.807, 2.05) is 27.7 Å². The number of carboxylic acid groups (broad SMARTS) is 1. The molecule has 1 aromatic rings. The van der Waals surface area contributed by atoms with Gasteiger partial charge in [-0.25, -0.2) is 9.59 Å². The van der Waals surface area contributed by atoms with Crippen LogP contribution < -0.4 is 20.9 Å². The molecular formula is C32H52N4O7. The van der Waals surface area contributed by atoms with Gasteiger partial charge in [0.05, 0.1) is 18.6 Å². The van der Waals surface area contributed by atoms with E-state index < -0.39 is 53.6 Å². The third kappa shape index (κ3) is 13.1. The molecule has 0 unspecified atom stereocenters. The zero-order valence-electron chi connectivity index (χ0n) is 27.4. The number of amides is 3. The summed E-state index contributed by atoms with van der Waals surface area (Å²) in [5.74, 6) is -2.70. The molecule has 11 nitrogen and oxygen atoms in total. The van der Waals surface area contributed by atoms with E-state index >= 15 is 0 Å².